The zero-order valence-electron chi connectivity index (χ0n) is 15.7. The van der Waals surface area contributed by atoms with E-state index in [2.05, 4.69) is 46.0 Å². The fraction of sp³-hybridized carbons (Fsp3) is 0.526. The lowest BCUT2D eigenvalue weighted by Crippen LogP contribution is -2.40. The van der Waals surface area contributed by atoms with E-state index < -0.39 is 10.0 Å². The summed E-state index contributed by atoms with van der Waals surface area (Å²) in [5.41, 5.74) is 2.72. The van der Waals surface area contributed by atoms with E-state index in [1.165, 1.54) is 12.0 Å². The third-order valence-electron chi connectivity index (χ3n) is 5.00. The first-order valence-electron chi connectivity index (χ1n) is 9.11. The second-order valence-electron chi connectivity index (χ2n) is 7.03. The summed E-state index contributed by atoms with van der Waals surface area (Å²) in [6.45, 7) is 7.64. The number of rotatable bonds is 6. The molecular weight excluding hydrogens is 350 g/mol. The fourth-order valence-electron chi connectivity index (χ4n) is 3.60. The van der Waals surface area contributed by atoms with Gasteiger partial charge in [0.15, 0.2) is 5.76 Å². The Labute approximate surface area is 155 Å². The summed E-state index contributed by atoms with van der Waals surface area (Å²) >= 11 is 0. The molecule has 1 atom stereocenters. The molecule has 3 rings (SSSR count). The molecule has 1 fully saturated rings. The van der Waals surface area contributed by atoms with E-state index in [0.717, 1.165) is 31.5 Å². The van der Waals surface area contributed by atoms with Crippen molar-refractivity contribution in [1.82, 2.24) is 14.8 Å². The number of nitrogens with zero attached hydrogens (tertiary/aromatic N) is 2. The normalized spacial score (nSPS) is 17.3. The van der Waals surface area contributed by atoms with Crippen LogP contribution in [0.2, 0.25) is 0 Å². The van der Waals surface area contributed by atoms with Gasteiger partial charge in [-0.05, 0) is 52.3 Å². The van der Waals surface area contributed by atoms with Crippen molar-refractivity contribution in [3.05, 3.63) is 46.8 Å². The van der Waals surface area contributed by atoms with Gasteiger partial charge in [-0.2, -0.15) is 0 Å². The molecule has 0 saturated carbocycles. The van der Waals surface area contributed by atoms with Gasteiger partial charge in [-0.25, -0.2) is 13.1 Å². The first kappa shape index (κ1) is 19.1. The maximum absolute atomic E-state index is 12.8. The van der Waals surface area contributed by atoms with Gasteiger partial charge in [-0.15, -0.1) is 0 Å². The Morgan fingerprint density at radius 2 is 1.77 bits per heavy atom. The zero-order chi connectivity index (χ0) is 18.7. The van der Waals surface area contributed by atoms with Crippen molar-refractivity contribution in [2.75, 3.05) is 19.6 Å². The molecular formula is C19H27N3O3S. The summed E-state index contributed by atoms with van der Waals surface area (Å²) < 4.78 is 33.4. The molecule has 1 N–H and O–H groups in total. The number of piperidine rings is 1. The first-order valence-corrected chi connectivity index (χ1v) is 10.6. The van der Waals surface area contributed by atoms with E-state index in [4.69, 9.17) is 4.52 Å². The van der Waals surface area contributed by atoms with Gasteiger partial charge in [0.25, 0.3) is 0 Å². The number of sulfonamides is 1. The van der Waals surface area contributed by atoms with Crippen molar-refractivity contribution < 1.29 is 12.9 Å². The Bertz CT molecular complexity index is 818. The van der Waals surface area contributed by atoms with Crippen LogP contribution in [0.1, 0.15) is 47.9 Å². The maximum atomic E-state index is 12.8. The summed E-state index contributed by atoms with van der Waals surface area (Å²) in [7, 11) is -3.66. The Hall–Kier alpha value is -1.70. The predicted molar refractivity (Wildman–Crippen MR) is 101 cm³/mol. The van der Waals surface area contributed by atoms with Crippen molar-refractivity contribution in [2.24, 2.45) is 0 Å². The second kappa shape index (κ2) is 7.90. The standard InChI is InChI=1S/C19H27N3O3S/c1-14-7-9-17(10-8-14)18(22-11-5-4-6-12-22)13-20-26(23,24)19-15(2)21-25-16(19)3/h7-10,18,20H,4-6,11-13H2,1-3H3. The molecule has 1 unspecified atom stereocenters. The lowest BCUT2D eigenvalue weighted by atomic mass is 10.0. The molecule has 1 aliphatic heterocycles. The van der Waals surface area contributed by atoms with Gasteiger partial charge in [-0.3, -0.25) is 4.90 Å². The van der Waals surface area contributed by atoms with Crippen LogP contribution >= 0.6 is 0 Å². The summed E-state index contributed by atoms with van der Waals surface area (Å²) in [5.74, 6) is 0.319. The molecule has 26 heavy (non-hydrogen) atoms. The maximum Gasteiger partial charge on any atom is 0.246 e. The highest BCUT2D eigenvalue weighted by Gasteiger charge is 2.28. The number of likely N-dealkylation sites (tertiary alicyclic amines) is 1. The average Bonchev–Trinajstić information content (AvgIpc) is 2.97. The summed E-state index contributed by atoms with van der Waals surface area (Å²) in [6, 6.07) is 8.37. The molecule has 0 aliphatic carbocycles. The summed E-state index contributed by atoms with van der Waals surface area (Å²) in [6.07, 6.45) is 3.54. The monoisotopic (exact) mass is 377 g/mol. The van der Waals surface area contributed by atoms with Gasteiger partial charge in [0.05, 0.1) is 0 Å². The van der Waals surface area contributed by atoms with Crippen molar-refractivity contribution in [3.63, 3.8) is 0 Å². The van der Waals surface area contributed by atoms with Gasteiger partial charge >= 0.3 is 0 Å². The number of aromatic nitrogens is 1. The highest BCUT2D eigenvalue weighted by molar-refractivity contribution is 7.89. The molecule has 0 spiro atoms. The smallest absolute Gasteiger partial charge is 0.246 e. The molecule has 1 aliphatic rings. The van der Waals surface area contributed by atoms with Crippen molar-refractivity contribution >= 4 is 10.0 Å². The third-order valence-corrected chi connectivity index (χ3v) is 6.66. The Morgan fingerprint density at radius 1 is 1.12 bits per heavy atom. The summed E-state index contributed by atoms with van der Waals surface area (Å²) in [5, 5.41) is 3.76. The Morgan fingerprint density at radius 3 is 2.35 bits per heavy atom. The first-order chi connectivity index (χ1) is 12.4. The molecule has 6 nitrogen and oxygen atoms in total. The van der Waals surface area contributed by atoms with Crippen LogP contribution in [0.15, 0.2) is 33.7 Å². The molecule has 0 bridgehead atoms. The lowest BCUT2D eigenvalue weighted by molar-refractivity contribution is 0.164. The Kier molecular flexibility index (Phi) is 5.79. The van der Waals surface area contributed by atoms with E-state index in [1.807, 2.05) is 0 Å². The minimum absolute atomic E-state index is 0.0196. The summed E-state index contributed by atoms with van der Waals surface area (Å²) in [4.78, 5) is 2.53. The number of benzene rings is 1. The van der Waals surface area contributed by atoms with Crippen LogP contribution < -0.4 is 4.72 Å². The molecule has 1 saturated heterocycles. The van der Waals surface area contributed by atoms with E-state index in [-0.39, 0.29) is 10.9 Å². The Balaban J connectivity index is 1.82. The van der Waals surface area contributed by atoms with Gasteiger partial charge in [0.2, 0.25) is 10.0 Å². The number of aryl methyl sites for hydroxylation is 3. The molecule has 2 heterocycles. The largest absolute Gasteiger partial charge is 0.360 e. The molecule has 0 amide bonds. The predicted octanol–water partition coefficient (Wildman–Crippen LogP) is 3.11. The third kappa shape index (κ3) is 4.16. The minimum atomic E-state index is -3.66. The van der Waals surface area contributed by atoms with Crippen LogP contribution in [0.4, 0.5) is 0 Å². The molecule has 1 aromatic carbocycles. The number of hydrogen-bond donors (Lipinski definition) is 1. The molecule has 0 radical (unpaired) electrons. The fourth-order valence-corrected chi connectivity index (χ4v) is 4.96. The SMILES string of the molecule is Cc1ccc(C(CNS(=O)(=O)c2c(C)noc2C)N2CCCCC2)cc1. The minimum Gasteiger partial charge on any atom is -0.360 e. The van der Waals surface area contributed by atoms with Crippen LogP contribution in [0.3, 0.4) is 0 Å². The lowest BCUT2D eigenvalue weighted by Gasteiger charge is -2.35. The van der Waals surface area contributed by atoms with Crippen molar-refractivity contribution in [3.8, 4) is 0 Å². The van der Waals surface area contributed by atoms with E-state index in [0.29, 0.717) is 18.0 Å². The van der Waals surface area contributed by atoms with E-state index in [1.54, 1.807) is 13.8 Å². The zero-order valence-corrected chi connectivity index (χ0v) is 16.5. The van der Waals surface area contributed by atoms with E-state index >= 15 is 0 Å². The van der Waals surface area contributed by atoms with Gasteiger partial charge < -0.3 is 4.52 Å². The molecule has 142 valence electrons. The molecule has 2 aromatic rings. The molecule has 7 heteroatoms. The number of hydrogen-bond acceptors (Lipinski definition) is 5. The number of nitrogens with one attached hydrogen (secondary N) is 1. The van der Waals surface area contributed by atoms with Crippen molar-refractivity contribution in [2.45, 2.75) is 51.0 Å². The van der Waals surface area contributed by atoms with E-state index in [9.17, 15) is 8.42 Å². The topological polar surface area (TPSA) is 75.4 Å². The van der Waals surface area contributed by atoms with Gasteiger partial charge in [-0.1, -0.05) is 41.4 Å². The van der Waals surface area contributed by atoms with Crippen LogP contribution in [0.25, 0.3) is 0 Å². The van der Waals surface area contributed by atoms with Gasteiger partial charge in [0.1, 0.15) is 10.6 Å². The highest BCUT2D eigenvalue weighted by Crippen LogP contribution is 2.26. The van der Waals surface area contributed by atoms with Crippen LogP contribution in [0, 0.1) is 20.8 Å². The van der Waals surface area contributed by atoms with Crippen LogP contribution in [-0.2, 0) is 10.0 Å². The average molecular weight is 378 g/mol. The molecule has 1 aromatic heterocycles. The van der Waals surface area contributed by atoms with Crippen LogP contribution in [0.5, 0.6) is 0 Å². The van der Waals surface area contributed by atoms with Gasteiger partial charge in [0, 0.05) is 12.6 Å². The second-order valence-corrected chi connectivity index (χ2v) is 8.73. The van der Waals surface area contributed by atoms with Crippen molar-refractivity contribution in [1.29, 1.82) is 0 Å². The quantitative estimate of drug-likeness (QED) is 0.837. The van der Waals surface area contributed by atoms with Crippen LogP contribution in [-0.4, -0.2) is 38.1 Å². The highest BCUT2D eigenvalue weighted by atomic mass is 32.2.